The molecule has 0 aromatic carbocycles. The van der Waals surface area contributed by atoms with E-state index in [0.717, 1.165) is 31.6 Å². The van der Waals surface area contributed by atoms with Crippen molar-refractivity contribution < 1.29 is 19.7 Å². The molecule has 1 heterocycles. The second-order valence-electron chi connectivity index (χ2n) is 8.12. The van der Waals surface area contributed by atoms with Crippen LogP contribution in [-0.2, 0) is 11.2 Å². The molecule has 1 aliphatic carbocycles. The Hall–Kier alpha value is -1.66. The average Bonchev–Trinajstić information content (AvgIpc) is 2.56. The van der Waals surface area contributed by atoms with Crippen molar-refractivity contribution in [3.63, 3.8) is 0 Å². The first-order chi connectivity index (χ1) is 12.2. The van der Waals surface area contributed by atoms with Gasteiger partial charge in [0.15, 0.2) is 5.60 Å². The van der Waals surface area contributed by atoms with Gasteiger partial charge in [0.25, 0.3) is 0 Å². The quantitative estimate of drug-likeness (QED) is 0.655. The Morgan fingerprint density at radius 1 is 1.38 bits per heavy atom. The SMILES string of the molecule is CC(C)C[C@@H](N)[C@](O)(Cc1cc(OC2CCC(C)CC2)ccn1)C(=O)O. The zero-order chi connectivity index (χ0) is 19.3. The molecule has 1 aromatic heterocycles. The molecule has 0 saturated heterocycles. The van der Waals surface area contributed by atoms with Crippen LogP contribution in [0.2, 0.25) is 0 Å². The third-order valence-corrected chi connectivity index (χ3v) is 5.21. The summed E-state index contributed by atoms with van der Waals surface area (Å²) in [5, 5.41) is 20.2. The van der Waals surface area contributed by atoms with Crippen molar-refractivity contribution in [1.82, 2.24) is 4.98 Å². The van der Waals surface area contributed by atoms with Crippen LogP contribution in [0.4, 0.5) is 0 Å². The highest BCUT2D eigenvalue weighted by molar-refractivity contribution is 5.78. The number of ether oxygens (including phenoxy) is 1. The van der Waals surface area contributed by atoms with Crippen LogP contribution in [0.3, 0.4) is 0 Å². The number of aliphatic hydroxyl groups is 1. The van der Waals surface area contributed by atoms with E-state index in [-0.39, 0.29) is 18.4 Å². The van der Waals surface area contributed by atoms with Gasteiger partial charge in [0.2, 0.25) is 0 Å². The number of aliphatic carboxylic acids is 1. The summed E-state index contributed by atoms with van der Waals surface area (Å²) in [6.07, 6.45) is 6.41. The first kappa shape index (κ1) is 20.6. The molecule has 146 valence electrons. The fourth-order valence-electron chi connectivity index (χ4n) is 3.51. The molecule has 2 rings (SSSR count). The normalized spacial score (nSPS) is 24.1. The zero-order valence-corrected chi connectivity index (χ0v) is 16.0. The van der Waals surface area contributed by atoms with Crippen LogP contribution in [-0.4, -0.2) is 38.9 Å². The maximum Gasteiger partial charge on any atom is 0.337 e. The molecule has 0 aliphatic heterocycles. The summed E-state index contributed by atoms with van der Waals surface area (Å²) in [4.78, 5) is 15.9. The number of aromatic nitrogens is 1. The number of hydrogen-bond acceptors (Lipinski definition) is 5. The molecular weight excluding hydrogens is 332 g/mol. The Morgan fingerprint density at radius 3 is 2.62 bits per heavy atom. The number of nitrogens with zero attached hydrogens (tertiary/aromatic N) is 1. The molecule has 4 N–H and O–H groups in total. The highest BCUT2D eigenvalue weighted by Gasteiger charge is 2.43. The van der Waals surface area contributed by atoms with Crippen molar-refractivity contribution in [3.05, 3.63) is 24.0 Å². The summed E-state index contributed by atoms with van der Waals surface area (Å²) in [6.45, 7) is 6.15. The van der Waals surface area contributed by atoms with Gasteiger partial charge in [0, 0.05) is 30.4 Å². The standard InChI is InChI=1S/C20H32N2O4/c1-13(2)10-18(21)20(25,19(23)24)12-15-11-17(8-9-22-15)26-16-6-4-14(3)5-7-16/h8-9,11,13-14,16,18,25H,4-7,10,12,21H2,1-3H3,(H,23,24)/t14?,16?,18-,20-/m1/s1. The first-order valence-corrected chi connectivity index (χ1v) is 9.53. The number of pyridine rings is 1. The van der Waals surface area contributed by atoms with E-state index >= 15 is 0 Å². The molecule has 6 heteroatoms. The van der Waals surface area contributed by atoms with Gasteiger partial charge in [-0.1, -0.05) is 20.8 Å². The lowest BCUT2D eigenvalue weighted by Crippen LogP contribution is -2.56. The highest BCUT2D eigenvalue weighted by Crippen LogP contribution is 2.28. The van der Waals surface area contributed by atoms with Gasteiger partial charge < -0.3 is 20.7 Å². The van der Waals surface area contributed by atoms with Crippen molar-refractivity contribution in [2.45, 2.75) is 77.0 Å². The molecule has 1 aliphatic rings. The summed E-state index contributed by atoms with van der Waals surface area (Å²) < 4.78 is 6.04. The van der Waals surface area contributed by atoms with Gasteiger partial charge in [-0.05, 0) is 50.0 Å². The number of nitrogens with two attached hydrogens (primary N) is 1. The molecule has 0 radical (unpaired) electrons. The second kappa shape index (κ2) is 8.82. The number of carbonyl (C=O) groups is 1. The Labute approximate surface area is 155 Å². The maximum absolute atomic E-state index is 11.7. The van der Waals surface area contributed by atoms with E-state index in [2.05, 4.69) is 11.9 Å². The van der Waals surface area contributed by atoms with Crippen molar-refractivity contribution in [1.29, 1.82) is 0 Å². The number of rotatable bonds is 8. The van der Waals surface area contributed by atoms with Crippen molar-refractivity contribution >= 4 is 5.97 Å². The van der Waals surface area contributed by atoms with E-state index in [9.17, 15) is 15.0 Å². The smallest absolute Gasteiger partial charge is 0.337 e. The molecule has 2 atom stereocenters. The monoisotopic (exact) mass is 364 g/mol. The van der Waals surface area contributed by atoms with Gasteiger partial charge in [-0.2, -0.15) is 0 Å². The predicted molar refractivity (Wildman–Crippen MR) is 100 cm³/mol. The van der Waals surface area contributed by atoms with Crippen LogP contribution < -0.4 is 10.5 Å². The van der Waals surface area contributed by atoms with Gasteiger partial charge >= 0.3 is 5.97 Å². The molecule has 0 unspecified atom stereocenters. The van der Waals surface area contributed by atoms with Crippen LogP contribution in [0, 0.1) is 11.8 Å². The number of carboxylic acid groups (broad SMARTS) is 1. The number of hydrogen-bond donors (Lipinski definition) is 3. The van der Waals surface area contributed by atoms with Crippen molar-refractivity contribution in [3.8, 4) is 5.75 Å². The predicted octanol–water partition coefficient (Wildman–Crippen LogP) is 2.77. The molecule has 26 heavy (non-hydrogen) atoms. The Kier molecular flexibility index (Phi) is 7.01. The van der Waals surface area contributed by atoms with Crippen LogP contribution in [0.1, 0.15) is 58.6 Å². The van der Waals surface area contributed by atoms with E-state index in [1.165, 1.54) is 0 Å². The van der Waals surface area contributed by atoms with E-state index in [4.69, 9.17) is 10.5 Å². The fraction of sp³-hybridized carbons (Fsp3) is 0.700. The maximum atomic E-state index is 11.7. The summed E-state index contributed by atoms with van der Waals surface area (Å²) in [6, 6.07) is 2.62. The fourth-order valence-corrected chi connectivity index (χ4v) is 3.51. The Bertz CT molecular complexity index is 599. The molecule has 1 fully saturated rings. The van der Waals surface area contributed by atoms with Gasteiger partial charge in [-0.15, -0.1) is 0 Å². The largest absolute Gasteiger partial charge is 0.490 e. The topological polar surface area (TPSA) is 106 Å². The van der Waals surface area contributed by atoms with Gasteiger partial charge in [0.05, 0.1) is 6.10 Å². The summed E-state index contributed by atoms with van der Waals surface area (Å²) in [5.41, 5.74) is 4.44. The summed E-state index contributed by atoms with van der Waals surface area (Å²) >= 11 is 0. The molecule has 1 aromatic rings. The molecular formula is C20H32N2O4. The van der Waals surface area contributed by atoms with Crippen LogP contribution in [0.5, 0.6) is 5.75 Å². The molecule has 1 saturated carbocycles. The lowest BCUT2D eigenvalue weighted by atomic mass is 9.84. The Morgan fingerprint density at radius 2 is 2.04 bits per heavy atom. The van der Waals surface area contributed by atoms with Crippen LogP contribution in [0.25, 0.3) is 0 Å². The molecule has 6 nitrogen and oxygen atoms in total. The second-order valence-corrected chi connectivity index (χ2v) is 8.12. The third kappa shape index (κ3) is 5.42. The zero-order valence-electron chi connectivity index (χ0n) is 16.0. The van der Waals surface area contributed by atoms with E-state index in [1.807, 2.05) is 13.8 Å². The number of carboxylic acids is 1. The van der Waals surface area contributed by atoms with Gasteiger partial charge in [-0.25, -0.2) is 4.79 Å². The van der Waals surface area contributed by atoms with Crippen molar-refractivity contribution in [2.24, 2.45) is 17.6 Å². The Balaban J connectivity index is 2.08. The van der Waals surface area contributed by atoms with E-state index < -0.39 is 17.6 Å². The van der Waals surface area contributed by atoms with Gasteiger partial charge in [0.1, 0.15) is 5.75 Å². The lowest BCUT2D eigenvalue weighted by molar-refractivity contribution is -0.161. The van der Waals surface area contributed by atoms with Gasteiger partial charge in [-0.3, -0.25) is 4.98 Å². The molecule has 0 bridgehead atoms. The lowest BCUT2D eigenvalue weighted by Gasteiger charge is -2.31. The molecule has 0 amide bonds. The van der Waals surface area contributed by atoms with Crippen molar-refractivity contribution in [2.75, 3.05) is 0 Å². The summed E-state index contributed by atoms with van der Waals surface area (Å²) in [7, 11) is 0. The van der Waals surface area contributed by atoms with E-state index in [1.54, 1.807) is 18.3 Å². The minimum Gasteiger partial charge on any atom is -0.490 e. The average molecular weight is 364 g/mol. The van der Waals surface area contributed by atoms with Crippen LogP contribution >= 0.6 is 0 Å². The molecule has 0 spiro atoms. The highest BCUT2D eigenvalue weighted by atomic mass is 16.5. The third-order valence-electron chi connectivity index (χ3n) is 5.21. The van der Waals surface area contributed by atoms with Crippen LogP contribution in [0.15, 0.2) is 18.3 Å². The summed E-state index contributed by atoms with van der Waals surface area (Å²) in [5.74, 6) is 0.280. The first-order valence-electron chi connectivity index (χ1n) is 9.53. The van der Waals surface area contributed by atoms with E-state index in [0.29, 0.717) is 17.9 Å². The minimum absolute atomic E-state index is 0.144. The minimum atomic E-state index is -2.05.